The molecule has 0 spiro atoms. The van der Waals surface area contributed by atoms with E-state index in [1.54, 1.807) is 13.3 Å². The van der Waals surface area contributed by atoms with Crippen LogP contribution in [0, 0.1) is 8.99 Å². The lowest BCUT2D eigenvalue weighted by Crippen LogP contribution is -2.41. The third-order valence-corrected chi connectivity index (χ3v) is 4.58. The lowest BCUT2D eigenvalue weighted by molar-refractivity contribution is 0.0625. The van der Waals surface area contributed by atoms with E-state index in [9.17, 15) is 4.79 Å². The summed E-state index contributed by atoms with van der Waals surface area (Å²) in [6.45, 7) is 6.12. The highest BCUT2D eigenvalue weighted by atomic mass is 127. The van der Waals surface area contributed by atoms with Crippen molar-refractivity contribution in [3.63, 3.8) is 0 Å². The summed E-state index contributed by atoms with van der Waals surface area (Å²) in [7, 11) is 1.55. The smallest absolute Gasteiger partial charge is 0.260 e. The van der Waals surface area contributed by atoms with Crippen LogP contribution < -0.4 is 4.74 Å². The first-order valence-electron chi connectivity index (χ1n) is 6.42. The molecule has 1 aliphatic heterocycles. The number of pyridine rings is 1. The number of carbonyl (C=O) groups excluding carboxylic acids is 1. The normalized spacial score (nSPS) is 18.2. The first kappa shape index (κ1) is 14.6. The van der Waals surface area contributed by atoms with E-state index >= 15 is 0 Å². The SMILES string of the molecule is COc1nccc(I)c1C(=O)N1CCC(C)(C)CC1. The largest absolute Gasteiger partial charge is 0.480 e. The Bertz CT molecular complexity index is 478. The minimum absolute atomic E-state index is 0.0323. The van der Waals surface area contributed by atoms with Gasteiger partial charge in [0.15, 0.2) is 0 Å². The van der Waals surface area contributed by atoms with Crippen LogP contribution in [0.5, 0.6) is 5.88 Å². The molecule has 1 fully saturated rings. The fourth-order valence-corrected chi connectivity index (χ4v) is 2.86. The van der Waals surface area contributed by atoms with E-state index in [0.717, 1.165) is 29.5 Å². The summed E-state index contributed by atoms with van der Waals surface area (Å²) in [5.41, 5.74) is 0.925. The summed E-state index contributed by atoms with van der Waals surface area (Å²) in [5.74, 6) is 0.451. The van der Waals surface area contributed by atoms with Crippen molar-refractivity contribution in [3.8, 4) is 5.88 Å². The molecule has 0 saturated carbocycles. The van der Waals surface area contributed by atoms with Crippen molar-refractivity contribution in [2.75, 3.05) is 20.2 Å². The lowest BCUT2D eigenvalue weighted by Gasteiger charge is -2.37. The average Bonchev–Trinajstić information content (AvgIpc) is 2.37. The van der Waals surface area contributed by atoms with Gasteiger partial charge >= 0.3 is 0 Å². The van der Waals surface area contributed by atoms with Gasteiger partial charge in [0, 0.05) is 22.9 Å². The highest BCUT2D eigenvalue weighted by Gasteiger charge is 2.30. The minimum atomic E-state index is 0.0323. The van der Waals surface area contributed by atoms with Crippen LogP contribution in [-0.2, 0) is 0 Å². The molecule has 0 aromatic carbocycles. The van der Waals surface area contributed by atoms with Gasteiger partial charge in [-0.1, -0.05) is 13.8 Å². The predicted molar refractivity (Wildman–Crippen MR) is 82.4 cm³/mol. The molecule has 0 N–H and O–H groups in total. The Kier molecular flexibility index (Phi) is 4.32. The van der Waals surface area contributed by atoms with Gasteiger partial charge in [-0.3, -0.25) is 4.79 Å². The highest BCUT2D eigenvalue weighted by molar-refractivity contribution is 14.1. The number of ether oxygens (including phenoxy) is 1. The van der Waals surface area contributed by atoms with Crippen molar-refractivity contribution < 1.29 is 9.53 Å². The second-order valence-corrected chi connectivity index (χ2v) is 6.80. The molecule has 5 heteroatoms. The topological polar surface area (TPSA) is 42.4 Å². The molecule has 0 atom stereocenters. The number of nitrogens with zero attached hydrogens (tertiary/aromatic N) is 2. The molecule has 0 bridgehead atoms. The number of aromatic nitrogens is 1. The van der Waals surface area contributed by atoms with Gasteiger partial charge in [-0.15, -0.1) is 0 Å². The van der Waals surface area contributed by atoms with Crippen molar-refractivity contribution in [1.29, 1.82) is 0 Å². The Morgan fingerprint density at radius 1 is 1.42 bits per heavy atom. The molecule has 0 unspecified atom stereocenters. The Morgan fingerprint density at radius 2 is 2.05 bits per heavy atom. The summed E-state index contributed by atoms with van der Waals surface area (Å²) < 4.78 is 6.10. The van der Waals surface area contributed by atoms with Crippen LogP contribution >= 0.6 is 22.6 Å². The van der Waals surface area contributed by atoms with Crippen molar-refractivity contribution in [2.45, 2.75) is 26.7 Å². The van der Waals surface area contributed by atoms with Gasteiger partial charge in [-0.25, -0.2) is 4.98 Å². The van der Waals surface area contributed by atoms with E-state index in [1.165, 1.54) is 0 Å². The molecular weight excluding hydrogens is 355 g/mol. The van der Waals surface area contributed by atoms with Gasteiger partial charge in [-0.2, -0.15) is 0 Å². The molecule has 2 heterocycles. The van der Waals surface area contributed by atoms with Crippen LogP contribution in [0.4, 0.5) is 0 Å². The number of rotatable bonds is 2. The summed E-state index contributed by atoms with van der Waals surface area (Å²) in [4.78, 5) is 18.7. The van der Waals surface area contributed by atoms with Gasteiger partial charge in [0.25, 0.3) is 5.91 Å². The van der Waals surface area contributed by atoms with E-state index in [4.69, 9.17) is 4.74 Å². The first-order chi connectivity index (χ1) is 8.94. The molecule has 2 rings (SSSR count). The van der Waals surface area contributed by atoms with Crippen LogP contribution in [0.25, 0.3) is 0 Å². The third kappa shape index (κ3) is 3.19. The number of methoxy groups -OCH3 is 1. The first-order valence-corrected chi connectivity index (χ1v) is 7.50. The second kappa shape index (κ2) is 5.64. The van der Waals surface area contributed by atoms with E-state index in [-0.39, 0.29) is 5.91 Å². The van der Waals surface area contributed by atoms with Crippen molar-refractivity contribution >= 4 is 28.5 Å². The third-order valence-electron chi connectivity index (χ3n) is 3.68. The number of hydrogen-bond donors (Lipinski definition) is 0. The molecule has 1 aliphatic rings. The highest BCUT2D eigenvalue weighted by Crippen LogP contribution is 2.31. The molecule has 19 heavy (non-hydrogen) atoms. The maximum Gasteiger partial charge on any atom is 0.260 e. The monoisotopic (exact) mass is 374 g/mol. The van der Waals surface area contributed by atoms with Crippen molar-refractivity contribution in [2.24, 2.45) is 5.41 Å². The Balaban J connectivity index is 2.21. The molecule has 1 saturated heterocycles. The van der Waals surface area contributed by atoms with E-state index in [0.29, 0.717) is 16.9 Å². The molecule has 0 radical (unpaired) electrons. The Hall–Kier alpha value is -0.850. The number of amides is 1. The Morgan fingerprint density at radius 3 is 2.63 bits per heavy atom. The fourth-order valence-electron chi connectivity index (χ4n) is 2.24. The second-order valence-electron chi connectivity index (χ2n) is 5.63. The summed E-state index contributed by atoms with van der Waals surface area (Å²) in [5, 5.41) is 0. The molecule has 1 amide bonds. The molecule has 1 aromatic rings. The van der Waals surface area contributed by atoms with Crippen molar-refractivity contribution in [3.05, 3.63) is 21.4 Å². The summed E-state index contributed by atoms with van der Waals surface area (Å²) in [6.07, 6.45) is 3.74. The fraction of sp³-hybridized carbons (Fsp3) is 0.571. The van der Waals surface area contributed by atoms with E-state index < -0.39 is 0 Å². The zero-order valence-electron chi connectivity index (χ0n) is 11.6. The van der Waals surface area contributed by atoms with Gasteiger partial charge in [0.1, 0.15) is 5.56 Å². The van der Waals surface area contributed by atoms with Crippen LogP contribution in [0.15, 0.2) is 12.3 Å². The summed E-state index contributed by atoms with van der Waals surface area (Å²) >= 11 is 2.16. The quantitative estimate of drug-likeness (QED) is 0.748. The maximum atomic E-state index is 12.6. The van der Waals surface area contributed by atoms with E-state index in [1.807, 2.05) is 11.0 Å². The van der Waals surface area contributed by atoms with Gasteiger partial charge < -0.3 is 9.64 Å². The minimum Gasteiger partial charge on any atom is -0.480 e. The zero-order chi connectivity index (χ0) is 14.0. The molecule has 1 aromatic heterocycles. The van der Waals surface area contributed by atoms with Gasteiger partial charge in [-0.05, 0) is 46.9 Å². The standard InChI is InChI=1S/C14H19IN2O2/c1-14(2)5-8-17(9-6-14)13(18)11-10(15)4-7-16-12(11)19-3/h4,7H,5-6,8-9H2,1-3H3. The molecular formula is C14H19IN2O2. The molecule has 104 valence electrons. The van der Waals surface area contributed by atoms with Crippen LogP contribution in [0.3, 0.4) is 0 Å². The summed E-state index contributed by atoms with van der Waals surface area (Å²) in [6, 6.07) is 1.84. The number of hydrogen-bond acceptors (Lipinski definition) is 3. The lowest BCUT2D eigenvalue weighted by atomic mass is 9.82. The Labute approximate surface area is 127 Å². The number of halogens is 1. The van der Waals surface area contributed by atoms with Gasteiger partial charge in [0.05, 0.1) is 7.11 Å². The number of carbonyl (C=O) groups is 1. The van der Waals surface area contributed by atoms with Gasteiger partial charge in [0.2, 0.25) is 5.88 Å². The average molecular weight is 374 g/mol. The maximum absolute atomic E-state index is 12.6. The predicted octanol–water partition coefficient (Wildman–Crippen LogP) is 2.96. The number of piperidine rings is 1. The van der Waals surface area contributed by atoms with Crippen LogP contribution in [0.2, 0.25) is 0 Å². The van der Waals surface area contributed by atoms with Crippen LogP contribution in [0.1, 0.15) is 37.0 Å². The van der Waals surface area contributed by atoms with E-state index in [2.05, 4.69) is 41.4 Å². The molecule has 0 aliphatic carbocycles. The van der Waals surface area contributed by atoms with Crippen LogP contribution in [-0.4, -0.2) is 36.0 Å². The van der Waals surface area contributed by atoms with Crippen molar-refractivity contribution in [1.82, 2.24) is 9.88 Å². The molecule has 4 nitrogen and oxygen atoms in total. The number of likely N-dealkylation sites (tertiary alicyclic amines) is 1. The zero-order valence-corrected chi connectivity index (χ0v) is 13.7.